The number of benzene rings is 2. The second-order valence-electron chi connectivity index (χ2n) is 7.53. The van der Waals surface area contributed by atoms with Crippen LogP contribution in [0.4, 0.5) is 5.69 Å². The Morgan fingerprint density at radius 2 is 1.86 bits per heavy atom. The summed E-state index contributed by atoms with van der Waals surface area (Å²) in [6, 6.07) is 10.0. The molecule has 0 spiro atoms. The van der Waals surface area contributed by atoms with Crippen molar-refractivity contribution in [1.82, 2.24) is 5.32 Å². The highest BCUT2D eigenvalue weighted by atomic mass is 79.9. The van der Waals surface area contributed by atoms with Crippen molar-refractivity contribution in [3.8, 4) is 11.8 Å². The summed E-state index contributed by atoms with van der Waals surface area (Å²) in [5.74, 6) is -4.34. The molecule has 37 heavy (non-hydrogen) atoms. The number of nitrogens with zero attached hydrogens (tertiary/aromatic N) is 1. The zero-order chi connectivity index (χ0) is 27.3. The molecule has 0 saturated heterocycles. The van der Waals surface area contributed by atoms with Gasteiger partial charge >= 0.3 is 5.97 Å². The summed E-state index contributed by atoms with van der Waals surface area (Å²) in [5, 5.41) is 16.0. The quantitative estimate of drug-likeness (QED) is 0.270. The third-order valence-corrected chi connectivity index (χ3v) is 7.59. The van der Waals surface area contributed by atoms with Gasteiger partial charge in [0.2, 0.25) is 11.8 Å². The SMILES string of the molecule is CCOc1c(Cl)cc([C@H]2C(C#N)=C(SCC(=O)Nc3ccc(Br)cc3Cl)NC(=O)[C@H]2C(=O)OC)cc1Cl. The van der Waals surface area contributed by atoms with Crippen LogP contribution in [-0.4, -0.2) is 37.3 Å². The molecule has 0 aromatic heterocycles. The fourth-order valence-corrected chi connectivity index (χ4v) is 5.82. The molecule has 2 N–H and O–H groups in total. The standard InChI is InChI=1S/C24H19BrCl3N3O5S/c1-3-36-21-15(27)6-11(7-16(21)28)19-13(9-29)23(31-22(33)20(19)24(34)35-2)37-10-18(32)30-17-5-4-12(25)8-14(17)26/h4-8,19-20H,3,10H2,1-2H3,(H,30,32)(H,31,33)/t19-,20-/m0/s1. The molecular weight excluding hydrogens is 629 g/mol. The molecule has 2 atom stereocenters. The van der Waals surface area contributed by atoms with E-state index in [1.165, 1.54) is 12.1 Å². The predicted octanol–water partition coefficient (Wildman–Crippen LogP) is 5.92. The first-order valence-electron chi connectivity index (χ1n) is 10.6. The number of anilines is 1. The first-order chi connectivity index (χ1) is 17.6. The highest BCUT2D eigenvalue weighted by molar-refractivity contribution is 9.10. The highest BCUT2D eigenvalue weighted by Crippen LogP contribution is 2.44. The van der Waals surface area contributed by atoms with Gasteiger partial charge in [0.1, 0.15) is 5.92 Å². The highest BCUT2D eigenvalue weighted by Gasteiger charge is 2.44. The van der Waals surface area contributed by atoms with Crippen LogP contribution in [0.1, 0.15) is 18.4 Å². The Bertz CT molecular complexity index is 1310. The summed E-state index contributed by atoms with van der Waals surface area (Å²) in [6.07, 6.45) is 0. The molecule has 0 unspecified atom stereocenters. The van der Waals surface area contributed by atoms with Crippen LogP contribution < -0.4 is 15.4 Å². The molecule has 2 aromatic rings. The van der Waals surface area contributed by atoms with Gasteiger partial charge in [0.25, 0.3) is 0 Å². The van der Waals surface area contributed by atoms with Crippen LogP contribution in [0.25, 0.3) is 0 Å². The fraction of sp³-hybridized carbons (Fsp3) is 0.250. The van der Waals surface area contributed by atoms with Crippen LogP contribution in [0, 0.1) is 17.2 Å². The third-order valence-electron chi connectivity index (χ3n) is 5.20. The topological polar surface area (TPSA) is 118 Å². The number of carbonyl (C=O) groups excluding carboxylic acids is 3. The van der Waals surface area contributed by atoms with Crippen molar-refractivity contribution >= 4 is 86.0 Å². The van der Waals surface area contributed by atoms with Crippen LogP contribution in [0.15, 0.2) is 45.4 Å². The van der Waals surface area contributed by atoms with E-state index >= 15 is 0 Å². The maximum absolute atomic E-state index is 13.0. The lowest BCUT2D eigenvalue weighted by atomic mass is 9.78. The Balaban J connectivity index is 1.97. The Morgan fingerprint density at radius 1 is 1.19 bits per heavy atom. The van der Waals surface area contributed by atoms with Crippen molar-refractivity contribution in [2.24, 2.45) is 5.92 Å². The molecule has 0 fully saturated rings. The minimum Gasteiger partial charge on any atom is -0.491 e. The van der Waals surface area contributed by atoms with Crippen LogP contribution in [0.3, 0.4) is 0 Å². The summed E-state index contributed by atoms with van der Waals surface area (Å²) < 4.78 is 11.0. The average molecular weight is 648 g/mol. The minimum atomic E-state index is -1.38. The van der Waals surface area contributed by atoms with E-state index in [1.807, 2.05) is 0 Å². The van der Waals surface area contributed by atoms with Crippen LogP contribution in [-0.2, 0) is 19.1 Å². The second-order valence-corrected chi connectivity index (χ2v) is 10.7. The minimum absolute atomic E-state index is 0.0470. The van der Waals surface area contributed by atoms with Crippen LogP contribution in [0.5, 0.6) is 5.75 Å². The summed E-state index contributed by atoms with van der Waals surface area (Å²) in [5.41, 5.74) is 0.787. The van der Waals surface area contributed by atoms with E-state index in [1.54, 1.807) is 25.1 Å². The van der Waals surface area contributed by atoms with E-state index in [2.05, 4.69) is 32.6 Å². The van der Waals surface area contributed by atoms with E-state index < -0.39 is 29.6 Å². The van der Waals surface area contributed by atoms with Gasteiger partial charge in [-0.1, -0.05) is 62.5 Å². The van der Waals surface area contributed by atoms with Gasteiger partial charge in [0.05, 0.1) is 56.9 Å². The summed E-state index contributed by atoms with van der Waals surface area (Å²) in [6.45, 7) is 2.08. The number of ether oxygens (including phenoxy) is 2. The average Bonchev–Trinajstić information content (AvgIpc) is 2.85. The number of thioether (sulfide) groups is 1. The fourth-order valence-electron chi connectivity index (χ4n) is 3.64. The molecule has 1 aliphatic rings. The van der Waals surface area contributed by atoms with E-state index in [0.29, 0.717) is 22.9 Å². The number of amides is 2. The van der Waals surface area contributed by atoms with E-state index in [9.17, 15) is 19.6 Å². The number of hydrogen-bond donors (Lipinski definition) is 2. The van der Waals surface area contributed by atoms with Gasteiger partial charge in [-0.05, 0) is 42.8 Å². The normalized spacial score (nSPS) is 17.1. The largest absolute Gasteiger partial charge is 0.491 e. The van der Waals surface area contributed by atoms with Gasteiger partial charge in [0, 0.05) is 10.4 Å². The van der Waals surface area contributed by atoms with Crippen molar-refractivity contribution in [1.29, 1.82) is 5.26 Å². The lowest BCUT2D eigenvalue weighted by Gasteiger charge is -2.31. The zero-order valence-corrected chi connectivity index (χ0v) is 24.0. The Kier molecular flexibility index (Phi) is 10.2. The number of carbonyl (C=O) groups is 3. The van der Waals surface area contributed by atoms with Crippen molar-refractivity contribution < 1.29 is 23.9 Å². The number of esters is 1. The number of nitriles is 1. The molecule has 2 amide bonds. The molecule has 1 heterocycles. The molecule has 3 rings (SSSR count). The first-order valence-corrected chi connectivity index (χ1v) is 13.5. The molecule has 0 aliphatic carbocycles. The second kappa shape index (κ2) is 12.9. The first kappa shape index (κ1) is 29.1. The number of hydrogen-bond acceptors (Lipinski definition) is 7. The maximum Gasteiger partial charge on any atom is 0.319 e. The molecule has 13 heteroatoms. The lowest BCUT2D eigenvalue weighted by Crippen LogP contribution is -2.44. The van der Waals surface area contributed by atoms with E-state index in [-0.39, 0.29) is 32.1 Å². The molecule has 0 saturated carbocycles. The van der Waals surface area contributed by atoms with Crippen molar-refractivity contribution in [3.63, 3.8) is 0 Å². The van der Waals surface area contributed by atoms with Gasteiger partial charge in [-0.15, -0.1) is 0 Å². The molecule has 0 bridgehead atoms. The number of nitrogens with one attached hydrogen (secondary N) is 2. The van der Waals surface area contributed by atoms with Crippen LogP contribution >= 0.6 is 62.5 Å². The number of rotatable bonds is 8. The van der Waals surface area contributed by atoms with Gasteiger partial charge in [-0.2, -0.15) is 5.26 Å². The number of methoxy groups -OCH3 is 1. The van der Waals surface area contributed by atoms with Gasteiger partial charge in [-0.25, -0.2) is 0 Å². The van der Waals surface area contributed by atoms with Gasteiger partial charge in [0.15, 0.2) is 5.75 Å². The number of halogens is 4. The third kappa shape index (κ3) is 6.72. The number of allylic oxidation sites excluding steroid dienone is 1. The maximum atomic E-state index is 13.0. The summed E-state index contributed by atoms with van der Waals surface area (Å²) in [7, 11) is 1.14. The van der Waals surface area contributed by atoms with E-state index in [4.69, 9.17) is 44.3 Å². The Hall–Kier alpha value is -2.42. The zero-order valence-electron chi connectivity index (χ0n) is 19.4. The molecular formula is C24H19BrCl3N3O5S. The molecule has 0 radical (unpaired) electrons. The molecule has 2 aromatic carbocycles. The van der Waals surface area contributed by atoms with E-state index in [0.717, 1.165) is 23.3 Å². The Labute approximate surface area is 240 Å². The predicted molar refractivity (Wildman–Crippen MR) is 147 cm³/mol. The van der Waals surface area contributed by atoms with Gasteiger partial charge < -0.3 is 20.1 Å². The molecule has 8 nitrogen and oxygen atoms in total. The Morgan fingerprint density at radius 3 is 2.43 bits per heavy atom. The van der Waals surface area contributed by atoms with Crippen molar-refractivity contribution in [2.75, 3.05) is 24.8 Å². The summed E-state index contributed by atoms with van der Waals surface area (Å²) in [4.78, 5) is 38.2. The monoisotopic (exact) mass is 645 g/mol. The van der Waals surface area contributed by atoms with Crippen molar-refractivity contribution in [2.45, 2.75) is 12.8 Å². The van der Waals surface area contributed by atoms with Gasteiger partial charge in [-0.3, -0.25) is 14.4 Å². The lowest BCUT2D eigenvalue weighted by molar-refractivity contribution is -0.150. The molecule has 194 valence electrons. The van der Waals surface area contributed by atoms with Crippen molar-refractivity contribution in [3.05, 3.63) is 66.0 Å². The smallest absolute Gasteiger partial charge is 0.319 e. The summed E-state index contributed by atoms with van der Waals surface area (Å²) >= 11 is 23.1. The molecule has 1 aliphatic heterocycles. The van der Waals surface area contributed by atoms with Crippen LogP contribution in [0.2, 0.25) is 15.1 Å².